The predicted molar refractivity (Wildman–Crippen MR) is 103 cm³/mol. The molecule has 0 radical (unpaired) electrons. The molecule has 0 bridgehead atoms. The van der Waals surface area contributed by atoms with Gasteiger partial charge in [-0.05, 0) is 42.7 Å². The van der Waals surface area contributed by atoms with E-state index in [1.807, 2.05) is 18.2 Å². The molecule has 1 unspecified atom stereocenters. The summed E-state index contributed by atoms with van der Waals surface area (Å²) >= 11 is 6.09. The molecule has 2 nitrogen and oxygen atoms in total. The van der Waals surface area contributed by atoms with Crippen LogP contribution in [0.1, 0.15) is 31.9 Å². The molecule has 0 aliphatic carbocycles. The Hall–Kier alpha value is -2.32. The number of hydrogen-bond acceptors (Lipinski definition) is 1. The zero-order valence-electron chi connectivity index (χ0n) is 13.8. The van der Waals surface area contributed by atoms with E-state index in [0.29, 0.717) is 5.92 Å². The maximum absolute atomic E-state index is 6.09. The molecule has 1 N–H and O–H groups in total. The number of aromatic nitrogens is 2. The lowest BCUT2D eigenvalue weighted by Crippen LogP contribution is -1.95. The summed E-state index contributed by atoms with van der Waals surface area (Å²) in [7, 11) is 0. The zero-order valence-corrected chi connectivity index (χ0v) is 14.6. The summed E-state index contributed by atoms with van der Waals surface area (Å²) < 4.78 is 0. The zero-order chi connectivity index (χ0) is 16.7. The van der Waals surface area contributed by atoms with Gasteiger partial charge < -0.3 is 4.98 Å². The minimum absolute atomic E-state index is 0.454. The highest BCUT2D eigenvalue weighted by atomic mass is 35.5. The monoisotopic (exact) mass is 334 g/mol. The van der Waals surface area contributed by atoms with E-state index in [1.165, 1.54) is 22.2 Å². The standard InChI is InChI=1S/C21H19ClN2/c1-3-13(2)21-20(16-6-4-5-7-18(16)24-21)19-10-8-14-12-15(22)9-11-17(14)23-19/h4-13,24H,3H2,1-2H3. The highest BCUT2D eigenvalue weighted by molar-refractivity contribution is 6.31. The van der Waals surface area contributed by atoms with Crippen molar-refractivity contribution in [2.75, 3.05) is 0 Å². The third-order valence-corrected chi connectivity index (χ3v) is 4.98. The summed E-state index contributed by atoms with van der Waals surface area (Å²) in [4.78, 5) is 8.52. The van der Waals surface area contributed by atoms with E-state index in [0.717, 1.165) is 28.0 Å². The largest absolute Gasteiger partial charge is 0.358 e. The average molecular weight is 335 g/mol. The van der Waals surface area contributed by atoms with Crippen molar-refractivity contribution in [2.45, 2.75) is 26.2 Å². The van der Waals surface area contributed by atoms with Crippen LogP contribution in [-0.4, -0.2) is 9.97 Å². The number of rotatable bonds is 3. The van der Waals surface area contributed by atoms with Gasteiger partial charge in [-0.2, -0.15) is 0 Å². The highest BCUT2D eigenvalue weighted by Crippen LogP contribution is 2.37. The molecule has 4 aromatic rings. The first-order chi connectivity index (χ1) is 11.7. The molecule has 0 aliphatic rings. The van der Waals surface area contributed by atoms with Crippen molar-refractivity contribution in [2.24, 2.45) is 0 Å². The van der Waals surface area contributed by atoms with Crippen molar-refractivity contribution >= 4 is 33.4 Å². The minimum atomic E-state index is 0.454. The number of para-hydroxylation sites is 1. The van der Waals surface area contributed by atoms with Gasteiger partial charge in [0.25, 0.3) is 0 Å². The highest BCUT2D eigenvalue weighted by Gasteiger charge is 2.18. The molecule has 0 fully saturated rings. The Balaban J connectivity index is 1.99. The summed E-state index contributed by atoms with van der Waals surface area (Å²) in [6.07, 6.45) is 1.09. The summed E-state index contributed by atoms with van der Waals surface area (Å²) in [6, 6.07) is 18.5. The van der Waals surface area contributed by atoms with Crippen molar-refractivity contribution in [1.82, 2.24) is 9.97 Å². The molecule has 2 aromatic carbocycles. The van der Waals surface area contributed by atoms with Gasteiger partial charge in [0.05, 0.1) is 11.2 Å². The van der Waals surface area contributed by atoms with Crippen LogP contribution >= 0.6 is 11.6 Å². The van der Waals surface area contributed by atoms with E-state index in [1.54, 1.807) is 0 Å². The fourth-order valence-corrected chi connectivity index (χ4v) is 3.43. The van der Waals surface area contributed by atoms with Crippen LogP contribution in [-0.2, 0) is 0 Å². The Bertz CT molecular complexity index is 1030. The van der Waals surface area contributed by atoms with Crippen LogP contribution < -0.4 is 0 Å². The lowest BCUT2D eigenvalue weighted by atomic mass is 9.97. The van der Waals surface area contributed by atoms with E-state index in [-0.39, 0.29) is 0 Å². The van der Waals surface area contributed by atoms with Crippen molar-refractivity contribution in [3.8, 4) is 11.3 Å². The third-order valence-electron chi connectivity index (χ3n) is 4.75. The van der Waals surface area contributed by atoms with Crippen LogP contribution in [0.25, 0.3) is 33.1 Å². The molecule has 4 rings (SSSR count). The lowest BCUT2D eigenvalue weighted by Gasteiger charge is -2.11. The molecular formula is C21H19ClN2. The van der Waals surface area contributed by atoms with Crippen LogP contribution in [0.2, 0.25) is 5.02 Å². The van der Waals surface area contributed by atoms with Crippen LogP contribution in [0, 0.1) is 0 Å². The molecule has 0 saturated carbocycles. The number of nitrogens with zero attached hydrogens (tertiary/aromatic N) is 1. The average Bonchev–Trinajstić information content (AvgIpc) is 3.00. The SMILES string of the molecule is CCC(C)c1[nH]c2ccccc2c1-c1ccc2cc(Cl)ccc2n1. The van der Waals surface area contributed by atoms with Crippen molar-refractivity contribution < 1.29 is 0 Å². The fourth-order valence-electron chi connectivity index (χ4n) is 3.25. The molecule has 2 aromatic heterocycles. The number of hydrogen-bond donors (Lipinski definition) is 1. The second kappa shape index (κ2) is 5.95. The predicted octanol–water partition coefficient (Wildman–Crippen LogP) is 6.55. The van der Waals surface area contributed by atoms with E-state index in [2.05, 4.69) is 55.2 Å². The van der Waals surface area contributed by atoms with Crippen molar-refractivity contribution in [3.05, 3.63) is 65.3 Å². The Labute approximate surface area is 146 Å². The van der Waals surface area contributed by atoms with Gasteiger partial charge in [-0.1, -0.05) is 49.7 Å². The maximum Gasteiger partial charge on any atom is 0.0734 e. The summed E-state index contributed by atoms with van der Waals surface area (Å²) in [5.41, 5.74) is 5.63. The molecule has 120 valence electrons. The maximum atomic E-state index is 6.09. The summed E-state index contributed by atoms with van der Waals surface area (Å²) in [6.45, 7) is 4.48. The first-order valence-electron chi connectivity index (χ1n) is 8.34. The fraction of sp³-hybridized carbons (Fsp3) is 0.190. The Morgan fingerprint density at radius 2 is 1.92 bits per heavy atom. The normalized spacial score (nSPS) is 12.8. The van der Waals surface area contributed by atoms with Gasteiger partial charge in [-0.25, -0.2) is 4.98 Å². The summed E-state index contributed by atoms with van der Waals surface area (Å²) in [5, 5.41) is 3.04. The lowest BCUT2D eigenvalue weighted by molar-refractivity contribution is 0.717. The topological polar surface area (TPSA) is 28.7 Å². The smallest absolute Gasteiger partial charge is 0.0734 e. The van der Waals surface area contributed by atoms with Gasteiger partial charge in [-0.15, -0.1) is 0 Å². The second-order valence-corrected chi connectivity index (χ2v) is 6.74. The molecule has 0 saturated heterocycles. The molecule has 2 heterocycles. The van der Waals surface area contributed by atoms with Gasteiger partial charge in [0, 0.05) is 32.6 Å². The van der Waals surface area contributed by atoms with Gasteiger partial charge in [0.15, 0.2) is 0 Å². The Morgan fingerprint density at radius 3 is 2.75 bits per heavy atom. The van der Waals surface area contributed by atoms with Gasteiger partial charge in [0.2, 0.25) is 0 Å². The van der Waals surface area contributed by atoms with Crippen LogP contribution in [0.15, 0.2) is 54.6 Å². The van der Waals surface area contributed by atoms with E-state index < -0.39 is 0 Å². The van der Waals surface area contributed by atoms with Crippen LogP contribution in [0.3, 0.4) is 0 Å². The van der Waals surface area contributed by atoms with Crippen molar-refractivity contribution in [1.29, 1.82) is 0 Å². The summed E-state index contributed by atoms with van der Waals surface area (Å²) in [5.74, 6) is 0.454. The van der Waals surface area contributed by atoms with E-state index in [9.17, 15) is 0 Å². The molecule has 24 heavy (non-hydrogen) atoms. The quantitative estimate of drug-likeness (QED) is 0.452. The number of nitrogens with one attached hydrogen (secondary N) is 1. The molecule has 0 amide bonds. The molecule has 0 spiro atoms. The number of H-pyrrole nitrogens is 1. The third kappa shape index (κ3) is 2.47. The Kier molecular flexibility index (Phi) is 3.78. The van der Waals surface area contributed by atoms with E-state index >= 15 is 0 Å². The van der Waals surface area contributed by atoms with E-state index in [4.69, 9.17) is 16.6 Å². The van der Waals surface area contributed by atoms with Gasteiger partial charge in [-0.3, -0.25) is 0 Å². The number of aromatic amines is 1. The Morgan fingerprint density at radius 1 is 1.08 bits per heavy atom. The first-order valence-corrected chi connectivity index (χ1v) is 8.72. The number of fused-ring (bicyclic) bond motifs is 2. The molecule has 0 aliphatic heterocycles. The number of benzene rings is 2. The van der Waals surface area contributed by atoms with Gasteiger partial charge >= 0.3 is 0 Å². The first kappa shape index (κ1) is 15.2. The van der Waals surface area contributed by atoms with Crippen molar-refractivity contribution in [3.63, 3.8) is 0 Å². The molecule has 3 heteroatoms. The second-order valence-electron chi connectivity index (χ2n) is 6.30. The number of pyridine rings is 1. The van der Waals surface area contributed by atoms with Crippen LogP contribution in [0.5, 0.6) is 0 Å². The minimum Gasteiger partial charge on any atom is -0.358 e. The number of halogens is 1. The van der Waals surface area contributed by atoms with Gasteiger partial charge in [0.1, 0.15) is 0 Å². The molecule has 1 atom stereocenters. The van der Waals surface area contributed by atoms with Crippen LogP contribution in [0.4, 0.5) is 0 Å². The molecular weight excluding hydrogens is 316 g/mol.